The van der Waals surface area contributed by atoms with Crippen LogP contribution in [0, 0.1) is 0 Å². The van der Waals surface area contributed by atoms with E-state index in [2.05, 4.69) is 66.0 Å². The number of nitrogens with zero attached hydrogens (tertiary/aromatic N) is 2. The Labute approximate surface area is 143 Å². The molecule has 0 fully saturated rings. The number of aryl methyl sites for hydroxylation is 2. The Hall–Kier alpha value is -2.68. The molecule has 2 aromatic carbocycles. The van der Waals surface area contributed by atoms with Gasteiger partial charge in [0.15, 0.2) is 0 Å². The minimum atomic E-state index is 0.792. The predicted molar refractivity (Wildman–Crippen MR) is 101 cm³/mol. The molecule has 122 valence electrons. The fourth-order valence-electron chi connectivity index (χ4n) is 3.13. The van der Waals surface area contributed by atoms with E-state index in [1.54, 1.807) is 12.5 Å². The summed E-state index contributed by atoms with van der Waals surface area (Å²) in [6.07, 6.45) is 6.23. The third-order valence-corrected chi connectivity index (χ3v) is 4.37. The SMILES string of the molecule is C=CNc1cccc(Cc2ncnc3cc(CC)c(CC)cc23)c1. The van der Waals surface area contributed by atoms with Crippen LogP contribution in [0.4, 0.5) is 5.69 Å². The van der Waals surface area contributed by atoms with Gasteiger partial charge >= 0.3 is 0 Å². The summed E-state index contributed by atoms with van der Waals surface area (Å²) in [6, 6.07) is 12.8. The zero-order valence-electron chi connectivity index (χ0n) is 14.3. The van der Waals surface area contributed by atoms with Crippen molar-refractivity contribution in [3.63, 3.8) is 0 Å². The smallest absolute Gasteiger partial charge is 0.116 e. The van der Waals surface area contributed by atoms with Gasteiger partial charge in [-0.3, -0.25) is 0 Å². The molecule has 0 aliphatic rings. The first kappa shape index (κ1) is 16.2. The number of rotatable bonds is 6. The van der Waals surface area contributed by atoms with Crippen molar-refractivity contribution < 1.29 is 0 Å². The van der Waals surface area contributed by atoms with Crippen molar-refractivity contribution in [2.24, 2.45) is 0 Å². The maximum absolute atomic E-state index is 4.56. The molecule has 3 aromatic rings. The lowest BCUT2D eigenvalue weighted by Gasteiger charge is -2.11. The van der Waals surface area contributed by atoms with Gasteiger partial charge in [-0.15, -0.1) is 0 Å². The van der Waals surface area contributed by atoms with Gasteiger partial charge in [0.25, 0.3) is 0 Å². The van der Waals surface area contributed by atoms with Crippen LogP contribution in [0.3, 0.4) is 0 Å². The quantitative estimate of drug-likeness (QED) is 0.702. The van der Waals surface area contributed by atoms with Crippen molar-refractivity contribution in [3.8, 4) is 0 Å². The van der Waals surface area contributed by atoms with Gasteiger partial charge < -0.3 is 5.32 Å². The lowest BCUT2D eigenvalue weighted by Crippen LogP contribution is -1.99. The van der Waals surface area contributed by atoms with Gasteiger partial charge in [-0.1, -0.05) is 32.6 Å². The molecular weight excluding hydrogens is 294 g/mol. The van der Waals surface area contributed by atoms with Gasteiger partial charge in [-0.05, 0) is 60.0 Å². The number of nitrogens with one attached hydrogen (secondary N) is 1. The highest BCUT2D eigenvalue weighted by Gasteiger charge is 2.09. The molecule has 24 heavy (non-hydrogen) atoms. The molecule has 0 atom stereocenters. The van der Waals surface area contributed by atoms with E-state index in [1.807, 2.05) is 6.07 Å². The zero-order valence-corrected chi connectivity index (χ0v) is 14.3. The van der Waals surface area contributed by atoms with Crippen molar-refractivity contribution in [1.82, 2.24) is 9.97 Å². The van der Waals surface area contributed by atoms with E-state index in [0.717, 1.165) is 41.5 Å². The highest BCUT2D eigenvalue weighted by Crippen LogP contribution is 2.24. The maximum atomic E-state index is 4.56. The summed E-state index contributed by atoms with van der Waals surface area (Å²) in [5.41, 5.74) is 7.15. The maximum Gasteiger partial charge on any atom is 0.116 e. The van der Waals surface area contributed by atoms with Crippen molar-refractivity contribution in [1.29, 1.82) is 0 Å². The molecule has 0 radical (unpaired) electrons. The Bertz CT molecular complexity index is 868. The first-order valence-corrected chi connectivity index (χ1v) is 8.47. The van der Waals surface area contributed by atoms with Crippen LogP contribution in [0.15, 0.2) is 55.5 Å². The number of fused-ring (bicyclic) bond motifs is 1. The fourth-order valence-corrected chi connectivity index (χ4v) is 3.13. The van der Waals surface area contributed by atoms with Crippen molar-refractivity contribution >= 4 is 16.6 Å². The minimum Gasteiger partial charge on any atom is -0.362 e. The lowest BCUT2D eigenvalue weighted by molar-refractivity contribution is 1.03. The molecule has 0 spiro atoms. The lowest BCUT2D eigenvalue weighted by atomic mass is 9.97. The molecule has 3 rings (SSSR count). The van der Waals surface area contributed by atoms with E-state index in [4.69, 9.17) is 0 Å². The van der Waals surface area contributed by atoms with Crippen LogP contribution in [0.2, 0.25) is 0 Å². The number of hydrogen-bond acceptors (Lipinski definition) is 3. The molecular formula is C21H23N3. The summed E-state index contributed by atoms with van der Waals surface area (Å²) in [5, 5.41) is 4.30. The minimum absolute atomic E-state index is 0.792. The Morgan fingerprint density at radius 1 is 1.04 bits per heavy atom. The molecule has 3 nitrogen and oxygen atoms in total. The van der Waals surface area contributed by atoms with Crippen molar-refractivity contribution in [3.05, 3.63) is 77.9 Å². The standard InChI is InChI=1S/C21H23N3/c1-4-16-12-19-20(23-14-24-21(19)13-17(16)5-2)11-15-8-7-9-18(10-15)22-6-3/h6-10,12-14,22H,3-5,11H2,1-2H3. The molecule has 0 bridgehead atoms. The Morgan fingerprint density at radius 3 is 2.58 bits per heavy atom. The Morgan fingerprint density at radius 2 is 1.83 bits per heavy atom. The van der Waals surface area contributed by atoms with Gasteiger partial charge in [0.05, 0.1) is 11.2 Å². The largest absolute Gasteiger partial charge is 0.362 e. The highest BCUT2D eigenvalue weighted by molar-refractivity contribution is 5.82. The van der Waals surface area contributed by atoms with Crippen LogP contribution >= 0.6 is 0 Å². The summed E-state index contributed by atoms with van der Waals surface area (Å²) < 4.78 is 0. The average molecular weight is 317 g/mol. The fraction of sp³-hybridized carbons (Fsp3) is 0.238. The van der Waals surface area contributed by atoms with E-state index < -0.39 is 0 Å². The zero-order chi connectivity index (χ0) is 16.9. The molecule has 0 saturated heterocycles. The van der Waals surface area contributed by atoms with E-state index in [0.29, 0.717) is 0 Å². The van der Waals surface area contributed by atoms with Crippen molar-refractivity contribution in [2.45, 2.75) is 33.1 Å². The predicted octanol–water partition coefficient (Wildman–Crippen LogP) is 4.90. The highest BCUT2D eigenvalue weighted by atomic mass is 14.8. The van der Waals surface area contributed by atoms with Gasteiger partial charge in [0, 0.05) is 17.5 Å². The van der Waals surface area contributed by atoms with Crippen LogP contribution in [-0.2, 0) is 19.3 Å². The summed E-state index contributed by atoms with van der Waals surface area (Å²) in [7, 11) is 0. The summed E-state index contributed by atoms with van der Waals surface area (Å²) >= 11 is 0. The van der Waals surface area contributed by atoms with Crippen LogP contribution in [0.25, 0.3) is 10.9 Å². The number of benzene rings is 2. The summed E-state index contributed by atoms with van der Waals surface area (Å²) in [6.45, 7) is 8.11. The van der Waals surface area contributed by atoms with Crippen LogP contribution in [-0.4, -0.2) is 9.97 Å². The van der Waals surface area contributed by atoms with Crippen molar-refractivity contribution in [2.75, 3.05) is 5.32 Å². The van der Waals surface area contributed by atoms with Crippen LogP contribution in [0.1, 0.15) is 36.2 Å². The molecule has 0 amide bonds. The third-order valence-electron chi connectivity index (χ3n) is 4.37. The first-order chi connectivity index (χ1) is 11.7. The summed E-state index contributed by atoms with van der Waals surface area (Å²) in [5.74, 6) is 0. The normalized spacial score (nSPS) is 10.8. The summed E-state index contributed by atoms with van der Waals surface area (Å²) in [4.78, 5) is 9.03. The van der Waals surface area contributed by atoms with Gasteiger partial charge in [-0.2, -0.15) is 0 Å². The van der Waals surface area contributed by atoms with E-state index >= 15 is 0 Å². The molecule has 0 aliphatic carbocycles. The number of anilines is 1. The average Bonchev–Trinajstić information content (AvgIpc) is 2.61. The first-order valence-electron chi connectivity index (χ1n) is 8.47. The number of aromatic nitrogens is 2. The molecule has 1 heterocycles. The van der Waals surface area contributed by atoms with E-state index in [-0.39, 0.29) is 0 Å². The Kier molecular flexibility index (Phi) is 4.90. The van der Waals surface area contributed by atoms with Gasteiger partial charge in [-0.25, -0.2) is 9.97 Å². The second-order valence-corrected chi connectivity index (χ2v) is 5.89. The molecule has 3 heteroatoms. The molecule has 1 N–H and O–H groups in total. The molecule has 0 saturated carbocycles. The van der Waals surface area contributed by atoms with Crippen LogP contribution < -0.4 is 5.32 Å². The van der Waals surface area contributed by atoms with E-state index in [1.165, 1.54) is 16.7 Å². The second-order valence-electron chi connectivity index (χ2n) is 5.89. The molecule has 0 unspecified atom stereocenters. The molecule has 0 aliphatic heterocycles. The topological polar surface area (TPSA) is 37.8 Å². The van der Waals surface area contributed by atoms with Crippen LogP contribution in [0.5, 0.6) is 0 Å². The monoisotopic (exact) mass is 317 g/mol. The third kappa shape index (κ3) is 3.30. The van der Waals surface area contributed by atoms with E-state index in [9.17, 15) is 0 Å². The van der Waals surface area contributed by atoms with Gasteiger partial charge in [0.2, 0.25) is 0 Å². The number of hydrogen-bond donors (Lipinski definition) is 1. The second kappa shape index (κ2) is 7.26. The van der Waals surface area contributed by atoms with Gasteiger partial charge in [0.1, 0.15) is 6.33 Å². The molecule has 1 aromatic heterocycles. The Balaban J connectivity index is 2.03.